The standard InChI is InChI=1S/C17H21F3N2O3/c18-17(19,20)12-8-6-11(7-9-12)14(23)16(25)22-13(15(21)24)10-4-2-1-3-5-10/h6-10,13-14,23H,1-5H2,(H2,21,24)(H,22,25)/t13-,14+/m1/s1. The smallest absolute Gasteiger partial charge is 0.378 e. The number of primary amides is 1. The second kappa shape index (κ2) is 7.86. The molecule has 8 heteroatoms. The number of carbonyl (C=O) groups excluding carboxylic acids is 2. The summed E-state index contributed by atoms with van der Waals surface area (Å²) in [5.74, 6) is -1.62. The Morgan fingerprint density at radius 2 is 1.68 bits per heavy atom. The Hall–Kier alpha value is -2.09. The van der Waals surface area contributed by atoms with Gasteiger partial charge in [-0.2, -0.15) is 13.2 Å². The van der Waals surface area contributed by atoms with Crippen molar-refractivity contribution < 1.29 is 27.9 Å². The van der Waals surface area contributed by atoms with Crippen LogP contribution in [0.3, 0.4) is 0 Å². The third-order valence-electron chi connectivity index (χ3n) is 4.53. The summed E-state index contributed by atoms with van der Waals surface area (Å²) in [5, 5.41) is 12.5. The maximum atomic E-state index is 12.6. The van der Waals surface area contributed by atoms with Crippen molar-refractivity contribution in [2.75, 3.05) is 0 Å². The number of carbonyl (C=O) groups is 2. The number of halogens is 3. The second-order valence-corrected chi connectivity index (χ2v) is 6.31. The van der Waals surface area contributed by atoms with Crippen molar-refractivity contribution >= 4 is 11.8 Å². The first kappa shape index (κ1) is 19.2. The first-order chi connectivity index (χ1) is 11.7. The van der Waals surface area contributed by atoms with E-state index in [1.54, 1.807) is 0 Å². The summed E-state index contributed by atoms with van der Waals surface area (Å²) in [6.45, 7) is 0. The zero-order valence-electron chi connectivity index (χ0n) is 13.6. The Bertz CT molecular complexity index is 611. The molecule has 1 fully saturated rings. The number of aliphatic hydroxyl groups is 1. The third-order valence-corrected chi connectivity index (χ3v) is 4.53. The van der Waals surface area contributed by atoms with Gasteiger partial charge in [-0.1, -0.05) is 31.4 Å². The van der Waals surface area contributed by atoms with E-state index in [0.717, 1.165) is 56.4 Å². The molecule has 1 aliphatic rings. The van der Waals surface area contributed by atoms with Crippen molar-refractivity contribution in [1.82, 2.24) is 5.32 Å². The van der Waals surface area contributed by atoms with Crippen molar-refractivity contribution in [1.29, 1.82) is 0 Å². The minimum absolute atomic E-state index is 0.0114. The van der Waals surface area contributed by atoms with Gasteiger partial charge in [0.2, 0.25) is 5.91 Å². The second-order valence-electron chi connectivity index (χ2n) is 6.31. The number of amides is 2. The molecule has 1 saturated carbocycles. The van der Waals surface area contributed by atoms with Crippen molar-refractivity contribution in [3.05, 3.63) is 35.4 Å². The monoisotopic (exact) mass is 358 g/mol. The summed E-state index contributed by atoms with van der Waals surface area (Å²) in [7, 11) is 0. The number of alkyl halides is 3. The molecule has 0 radical (unpaired) electrons. The predicted octanol–water partition coefficient (Wildman–Crippen LogP) is 2.29. The van der Waals surface area contributed by atoms with Crippen LogP contribution in [0.2, 0.25) is 0 Å². The number of benzene rings is 1. The summed E-state index contributed by atoms with van der Waals surface area (Å²) in [5.41, 5.74) is 4.50. The van der Waals surface area contributed by atoms with Crippen molar-refractivity contribution in [2.24, 2.45) is 11.7 Å². The molecule has 0 spiro atoms. The highest BCUT2D eigenvalue weighted by Gasteiger charge is 2.33. The van der Waals surface area contributed by atoms with Crippen LogP contribution in [0.25, 0.3) is 0 Å². The number of aliphatic hydroxyl groups excluding tert-OH is 1. The lowest BCUT2D eigenvalue weighted by Gasteiger charge is -2.29. The molecule has 4 N–H and O–H groups in total. The average Bonchev–Trinajstić information content (AvgIpc) is 2.58. The number of nitrogens with two attached hydrogens (primary N) is 1. The summed E-state index contributed by atoms with van der Waals surface area (Å²) < 4.78 is 37.7. The quantitative estimate of drug-likeness (QED) is 0.754. The van der Waals surface area contributed by atoms with E-state index in [2.05, 4.69) is 5.32 Å². The molecule has 5 nitrogen and oxygen atoms in total. The fourth-order valence-electron chi connectivity index (χ4n) is 3.13. The van der Waals surface area contributed by atoms with E-state index in [1.165, 1.54) is 0 Å². The minimum atomic E-state index is -4.50. The summed E-state index contributed by atoms with van der Waals surface area (Å²) in [4.78, 5) is 23.8. The van der Waals surface area contributed by atoms with Gasteiger partial charge in [0.25, 0.3) is 5.91 Å². The number of rotatable bonds is 5. The molecular formula is C17H21F3N2O3. The van der Waals surface area contributed by atoms with Crippen LogP contribution in [0.1, 0.15) is 49.3 Å². The molecule has 138 valence electrons. The van der Waals surface area contributed by atoms with Crippen LogP contribution in [-0.2, 0) is 15.8 Å². The molecule has 1 aliphatic carbocycles. The lowest BCUT2D eigenvalue weighted by Crippen LogP contribution is -2.50. The lowest BCUT2D eigenvalue weighted by molar-refractivity contribution is -0.137. The molecule has 2 amide bonds. The molecule has 25 heavy (non-hydrogen) atoms. The SMILES string of the molecule is NC(=O)[C@H](NC(=O)[C@@H](O)c1ccc(C(F)(F)F)cc1)C1CCCCC1. The molecule has 2 rings (SSSR count). The number of hydrogen-bond acceptors (Lipinski definition) is 3. The summed E-state index contributed by atoms with van der Waals surface area (Å²) in [6.07, 6.45) is -1.73. The van der Waals surface area contributed by atoms with Gasteiger partial charge >= 0.3 is 6.18 Å². The first-order valence-electron chi connectivity index (χ1n) is 8.15. The lowest BCUT2D eigenvalue weighted by atomic mass is 9.83. The van der Waals surface area contributed by atoms with E-state index in [4.69, 9.17) is 5.73 Å². The molecule has 2 atom stereocenters. The Morgan fingerprint density at radius 1 is 1.12 bits per heavy atom. The fraction of sp³-hybridized carbons (Fsp3) is 0.529. The van der Waals surface area contributed by atoms with Crippen molar-refractivity contribution in [3.8, 4) is 0 Å². The van der Waals surface area contributed by atoms with Crippen LogP contribution in [0, 0.1) is 5.92 Å². The van der Waals surface area contributed by atoms with Gasteiger partial charge in [-0.25, -0.2) is 0 Å². The average molecular weight is 358 g/mol. The topological polar surface area (TPSA) is 92.4 Å². The number of hydrogen-bond donors (Lipinski definition) is 3. The van der Waals surface area contributed by atoms with E-state index >= 15 is 0 Å². The summed E-state index contributed by atoms with van der Waals surface area (Å²) >= 11 is 0. The van der Waals surface area contributed by atoms with Crippen molar-refractivity contribution in [3.63, 3.8) is 0 Å². The van der Waals surface area contributed by atoms with Gasteiger partial charge in [-0.3, -0.25) is 9.59 Å². The van der Waals surface area contributed by atoms with E-state index < -0.39 is 35.7 Å². The maximum Gasteiger partial charge on any atom is 0.416 e. The van der Waals surface area contributed by atoms with Gasteiger partial charge in [0.15, 0.2) is 6.10 Å². The van der Waals surface area contributed by atoms with Crippen molar-refractivity contribution in [2.45, 2.75) is 50.4 Å². The van der Waals surface area contributed by atoms with Gasteiger partial charge in [0.1, 0.15) is 6.04 Å². The normalized spacial score (nSPS) is 18.4. The molecule has 1 aromatic rings. The van der Waals surface area contributed by atoms with E-state index in [0.29, 0.717) is 0 Å². The van der Waals surface area contributed by atoms with Crippen LogP contribution in [-0.4, -0.2) is 23.0 Å². The van der Waals surface area contributed by atoms with Crippen LogP contribution >= 0.6 is 0 Å². The highest BCUT2D eigenvalue weighted by molar-refractivity contribution is 5.89. The molecule has 0 saturated heterocycles. The Morgan fingerprint density at radius 3 is 2.16 bits per heavy atom. The fourth-order valence-corrected chi connectivity index (χ4v) is 3.13. The van der Waals surface area contributed by atoms with Gasteiger partial charge < -0.3 is 16.2 Å². The van der Waals surface area contributed by atoms with E-state index in [1.807, 2.05) is 0 Å². The Balaban J connectivity index is 2.06. The zero-order chi connectivity index (χ0) is 18.6. The highest BCUT2D eigenvalue weighted by Crippen LogP contribution is 2.30. The molecule has 0 aromatic heterocycles. The number of nitrogens with one attached hydrogen (secondary N) is 1. The van der Waals surface area contributed by atoms with Gasteiger partial charge in [0.05, 0.1) is 5.56 Å². The summed E-state index contributed by atoms with van der Waals surface area (Å²) in [6, 6.07) is 2.76. The van der Waals surface area contributed by atoms with E-state index in [-0.39, 0.29) is 11.5 Å². The third kappa shape index (κ3) is 4.94. The first-order valence-corrected chi connectivity index (χ1v) is 8.15. The largest absolute Gasteiger partial charge is 0.416 e. The minimum Gasteiger partial charge on any atom is -0.378 e. The Kier molecular flexibility index (Phi) is 6.05. The van der Waals surface area contributed by atoms with Gasteiger partial charge in [0, 0.05) is 0 Å². The molecular weight excluding hydrogens is 337 g/mol. The molecule has 0 aliphatic heterocycles. The molecule has 0 bridgehead atoms. The zero-order valence-corrected chi connectivity index (χ0v) is 13.6. The molecule has 1 aromatic carbocycles. The molecule has 0 heterocycles. The Labute approximate surface area is 143 Å². The van der Waals surface area contributed by atoms with Crippen LogP contribution in [0.15, 0.2) is 24.3 Å². The van der Waals surface area contributed by atoms with Crippen LogP contribution in [0.4, 0.5) is 13.2 Å². The maximum absolute atomic E-state index is 12.6. The van der Waals surface area contributed by atoms with Crippen LogP contribution in [0.5, 0.6) is 0 Å². The van der Waals surface area contributed by atoms with E-state index in [9.17, 15) is 27.9 Å². The predicted molar refractivity (Wildman–Crippen MR) is 84.1 cm³/mol. The van der Waals surface area contributed by atoms with Gasteiger partial charge in [-0.15, -0.1) is 0 Å². The van der Waals surface area contributed by atoms with Crippen LogP contribution < -0.4 is 11.1 Å². The van der Waals surface area contributed by atoms with Gasteiger partial charge in [-0.05, 0) is 36.5 Å². The highest BCUT2D eigenvalue weighted by atomic mass is 19.4. The molecule has 0 unspecified atom stereocenters.